The first kappa shape index (κ1) is 15.3. The van der Waals surface area contributed by atoms with E-state index in [2.05, 4.69) is 22.6 Å². The van der Waals surface area contributed by atoms with Crippen LogP contribution in [0.15, 0.2) is 52.1 Å². The number of nitrogens with zero attached hydrogens (tertiary/aromatic N) is 2. The smallest absolute Gasteiger partial charge is 0.296 e. The zero-order chi connectivity index (χ0) is 15.9. The zero-order valence-electron chi connectivity index (χ0n) is 11.7. The molecule has 0 saturated heterocycles. The highest BCUT2D eigenvalue weighted by molar-refractivity contribution is 14.1. The predicted octanol–water partition coefficient (Wildman–Crippen LogP) is 3.01. The van der Waals surface area contributed by atoms with Crippen molar-refractivity contribution in [2.75, 3.05) is 0 Å². The van der Waals surface area contributed by atoms with Crippen LogP contribution >= 0.6 is 34.2 Å². The molecule has 3 rings (SSSR count). The molecule has 22 heavy (non-hydrogen) atoms. The van der Waals surface area contributed by atoms with E-state index >= 15 is 0 Å². The summed E-state index contributed by atoms with van der Waals surface area (Å²) in [5.74, 6) is 0. The van der Waals surface area contributed by atoms with Crippen LogP contribution in [-0.2, 0) is 13.6 Å². The van der Waals surface area contributed by atoms with Crippen molar-refractivity contribution in [2.24, 2.45) is 7.05 Å². The molecule has 0 saturated carbocycles. The average molecular weight is 427 g/mol. The van der Waals surface area contributed by atoms with E-state index in [0.29, 0.717) is 15.9 Å². The number of aryl methyl sites for hydroxylation is 1. The van der Waals surface area contributed by atoms with Gasteiger partial charge in [0.15, 0.2) is 0 Å². The molecule has 0 atom stereocenters. The fraction of sp³-hybridized carbons (Fsp3) is 0.125. The predicted molar refractivity (Wildman–Crippen MR) is 96.7 cm³/mol. The van der Waals surface area contributed by atoms with Crippen LogP contribution in [0.2, 0.25) is 5.02 Å². The summed E-state index contributed by atoms with van der Waals surface area (Å²) in [4.78, 5) is 25.1. The van der Waals surface area contributed by atoms with Gasteiger partial charge in [0.25, 0.3) is 5.56 Å². The Hall–Kier alpha value is -1.60. The molecular weight excluding hydrogens is 415 g/mol. The van der Waals surface area contributed by atoms with Gasteiger partial charge in [0.2, 0.25) is 0 Å². The van der Waals surface area contributed by atoms with E-state index < -0.39 is 0 Å². The minimum Gasteiger partial charge on any atom is -0.296 e. The van der Waals surface area contributed by atoms with Crippen molar-refractivity contribution in [3.8, 4) is 0 Å². The highest BCUT2D eigenvalue weighted by atomic mass is 127. The van der Waals surface area contributed by atoms with Crippen LogP contribution < -0.4 is 11.2 Å². The third kappa shape index (κ3) is 2.70. The second kappa shape index (κ2) is 5.89. The van der Waals surface area contributed by atoms with Crippen molar-refractivity contribution in [2.45, 2.75) is 6.54 Å². The van der Waals surface area contributed by atoms with E-state index in [1.165, 1.54) is 9.13 Å². The average Bonchev–Trinajstić information content (AvgIpc) is 2.51. The summed E-state index contributed by atoms with van der Waals surface area (Å²) in [6.45, 7) is 0.226. The first-order valence-corrected chi connectivity index (χ1v) is 8.06. The van der Waals surface area contributed by atoms with Crippen LogP contribution in [0.25, 0.3) is 10.9 Å². The molecule has 0 aliphatic carbocycles. The van der Waals surface area contributed by atoms with Crippen molar-refractivity contribution in [3.05, 3.63) is 77.5 Å². The van der Waals surface area contributed by atoms with Gasteiger partial charge in [-0.25, -0.2) is 4.79 Å². The Morgan fingerprint density at radius 3 is 2.45 bits per heavy atom. The molecule has 1 heterocycles. The number of fused-ring (bicyclic) bond motifs is 1. The lowest BCUT2D eigenvalue weighted by molar-refractivity contribution is 0.660. The number of halogens is 2. The summed E-state index contributed by atoms with van der Waals surface area (Å²) in [5.41, 5.74) is 0.900. The molecule has 3 aromatic rings. The Morgan fingerprint density at radius 1 is 1.09 bits per heavy atom. The first-order chi connectivity index (χ1) is 10.5. The third-order valence-corrected chi connectivity index (χ3v) is 4.49. The van der Waals surface area contributed by atoms with Gasteiger partial charge in [-0.3, -0.25) is 13.9 Å². The minimum absolute atomic E-state index is 0.226. The molecule has 0 amide bonds. The lowest BCUT2D eigenvalue weighted by Gasteiger charge is -2.11. The van der Waals surface area contributed by atoms with E-state index in [1.54, 1.807) is 31.3 Å². The van der Waals surface area contributed by atoms with E-state index in [9.17, 15) is 9.59 Å². The lowest BCUT2D eigenvalue weighted by Crippen LogP contribution is -2.39. The third-order valence-electron chi connectivity index (χ3n) is 3.57. The summed E-state index contributed by atoms with van der Waals surface area (Å²) < 4.78 is 3.71. The number of rotatable bonds is 2. The SMILES string of the molecule is Cn1c(=O)n(Cc2ccc(Cl)cc2)c(=O)c2cc(I)ccc21. The number of hydrogen-bond acceptors (Lipinski definition) is 2. The number of hydrogen-bond donors (Lipinski definition) is 0. The van der Waals surface area contributed by atoms with Gasteiger partial charge in [0.05, 0.1) is 17.4 Å². The molecule has 6 heteroatoms. The number of aromatic nitrogens is 2. The number of benzene rings is 2. The second-order valence-electron chi connectivity index (χ2n) is 5.02. The van der Waals surface area contributed by atoms with E-state index in [1.807, 2.05) is 18.2 Å². The monoisotopic (exact) mass is 426 g/mol. The van der Waals surface area contributed by atoms with Gasteiger partial charge in [0, 0.05) is 15.6 Å². The van der Waals surface area contributed by atoms with Crippen LogP contribution in [0, 0.1) is 3.57 Å². The van der Waals surface area contributed by atoms with Crippen molar-refractivity contribution < 1.29 is 0 Å². The molecule has 112 valence electrons. The van der Waals surface area contributed by atoms with Crippen molar-refractivity contribution in [1.29, 1.82) is 0 Å². The standard InChI is InChI=1S/C16H12ClIN2O2/c1-19-14-7-6-12(18)8-13(14)15(21)20(16(19)22)9-10-2-4-11(17)5-3-10/h2-8H,9H2,1H3. The molecule has 1 aromatic heterocycles. The molecule has 0 unspecified atom stereocenters. The van der Waals surface area contributed by atoms with Crippen LogP contribution in [0.3, 0.4) is 0 Å². The molecule has 2 aromatic carbocycles. The Balaban J connectivity index is 2.23. The zero-order valence-corrected chi connectivity index (χ0v) is 14.6. The van der Waals surface area contributed by atoms with Crippen LogP contribution in [0.1, 0.15) is 5.56 Å². The van der Waals surface area contributed by atoms with Crippen LogP contribution in [0.4, 0.5) is 0 Å². The van der Waals surface area contributed by atoms with Crippen LogP contribution in [0.5, 0.6) is 0 Å². The van der Waals surface area contributed by atoms with Gasteiger partial charge in [-0.15, -0.1) is 0 Å². The Bertz CT molecular complexity index is 974. The maximum atomic E-state index is 12.6. The van der Waals surface area contributed by atoms with Gasteiger partial charge in [0.1, 0.15) is 0 Å². The summed E-state index contributed by atoms with van der Waals surface area (Å²) in [7, 11) is 1.68. The topological polar surface area (TPSA) is 44.0 Å². The molecule has 0 aliphatic rings. The maximum absolute atomic E-state index is 12.6. The fourth-order valence-corrected chi connectivity index (χ4v) is 3.02. The summed E-state index contributed by atoms with van der Waals surface area (Å²) >= 11 is 8.02. The summed E-state index contributed by atoms with van der Waals surface area (Å²) in [5, 5.41) is 1.17. The highest BCUT2D eigenvalue weighted by Crippen LogP contribution is 2.13. The molecule has 0 aliphatic heterocycles. The molecule has 0 fully saturated rings. The summed E-state index contributed by atoms with van der Waals surface area (Å²) in [6, 6.07) is 12.6. The van der Waals surface area contributed by atoms with E-state index in [0.717, 1.165) is 9.13 Å². The maximum Gasteiger partial charge on any atom is 0.331 e. The van der Waals surface area contributed by atoms with E-state index in [-0.39, 0.29) is 17.8 Å². The highest BCUT2D eigenvalue weighted by Gasteiger charge is 2.11. The lowest BCUT2D eigenvalue weighted by atomic mass is 10.2. The second-order valence-corrected chi connectivity index (χ2v) is 6.70. The van der Waals surface area contributed by atoms with Gasteiger partial charge in [-0.05, 0) is 58.5 Å². The quantitative estimate of drug-likeness (QED) is 0.591. The van der Waals surface area contributed by atoms with Gasteiger partial charge < -0.3 is 0 Å². The normalized spacial score (nSPS) is 11.0. The fourth-order valence-electron chi connectivity index (χ4n) is 2.40. The molecule has 0 N–H and O–H groups in total. The van der Waals surface area contributed by atoms with Crippen molar-refractivity contribution >= 4 is 45.1 Å². The Labute approximate surface area is 145 Å². The van der Waals surface area contributed by atoms with Gasteiger partial charge in [-0.2, -0.15) is 0 Å². The largest absolute Gasteiger partial charge is 0.331 e. The molecular formula is C16H12ClIN2O2. The molecule has 0 spiro atoms. The minimum atomic E-state index is -0.325. The van der Waals surface area contributed by atoms with Crippen molar-refractivity contribution in [3.63, 3.8) is 0 Å². The van der Waals surface area contributed by atoms with Gasteiger partial charge >= 0.3 is 5.69 Å². The Kier molecular flexibility index (Phi) is 4.10. The Morgan fingerprint density at radius 2 is 1.77 bits per heavy atom. The summed E-state index contributed by atoms with van der Waals surface area (Å²) in [6.07, 6.45) is 0. The van der Waals surface area contributed by atoms with E-state index in [4.69, 9.17) is 11.6 Å². The van der Waals surface area contributed by atoms with Crippen molar-refractivity contribution in [1.82, 2.24) is 9.13 Å². The molecule has 0 bridgehead atoms. The molecule has 0 radical (unpaired) electrons. The van der Waals surface area contributed by atoms with Gasteiger partial charge in [-0.1, -0.05) is 23.7 Å². The first-order valence-electron chi connectivity index (χ1n) is 6.61. The van der Waals surface area contributed by atoms with Crippen LogP contribution in [-0.4, -0.2) is 9.13 Å². The molecule has 4 nitrogen and oxygen atoms in total.